The van der Waals surface area contributed by atoms with Crippen LogP contribution in [0.4, 0.5) is 5.69 Å². The molecule has 1 rings (SSSR count). The smallest absolute Gasteiger partial charge is 0.283 e. The van der Waals surface area contributed by atoms with E-state index in [9.17, 15) is 14.9 Å². The number of halogens is 1. The van der Waals surface area contributed by atoms with Crippen LogP contribution in [0, 0.1) is 10.1 Å². The maximum absolute atomic E-state index is 11.7. The lowest BCUT2D eigenvalue weighted by Gasteiger charge is -2.05. The molecule has 18 heavy (non-hydrogen) atoms. The van der Waals surface area contributed by atoms with E-state index in [2.05, 4.69) is 11.9 Å². The highest BCUT2D eigenvalue weighted by atomic mass is 35.5. The molecule has 0 aliphatic heterocycles. The number of rotatable bonds is 5. The quantitative estimate of drug-likeness (QED) is 0.513. The largest absolute Gasteiger partial charge is 0.347 e. The van der Waals surface area contributed by atoms with Crippen LogP contribution in [0.15, 0.2) is 34.7 Å². The van der Waals surface area contributed by atoms with E-state index < -0.39 is 10.8 Å². The van der Waals surface area contributed by atoms with Crippen LogP contribution in [0.3, 0.4) is 0 Å². The van der Waals surface area contributed by atoms with Crippen LogP contribution < -0.4 is 5.32 Å². The molecule has 96 valence electrons. The first-order valence-corrected chi connectivity index (χ1v) is 6.50. The van der Waals surface area contributed by atoms with Crippen LogP contribution in [0.1, 0.15) is 10.4 Å². The number of benzene rings is 1. The Morgan fingerprint density at radius 1 is 1.61 bits per heavy atom. The molecule has 0 unspecified atom stereocenters. The van der Waals surface area contributed by atoms with Crippen molar-refractivity contribution in [2.45, 2.75) is 4.90 Å². The standard InChI is InChI=1S/C11H11ClN2O3S/c1-7(12)6-13-11(15)8-3-4-10(18-2)9(5-8)14(16)17/h3-5H,1,6H2,2H3,(H,13,15). The summed E-state index contributed by atoms with van der Waals surface area (Å²) in [6.07, 6.45) is 1.74. The molecule has 0 fully saturated rings. The Labute approximate surface area is 113 Å². The van der Waals surface area contributed by atoms with E-state index >= 15 is 0 Å². The van der Waals surface area contributed by atoms with E-state index in [0.29, 0.717) is 9.93 Å². The molecule has 0 heterocycles. The topological polar surface area (TPSA) is 72.2 Å². The number of thioether (sulfide) groups is 1. The molecule has 0 atom stereocenters. The van der Waals surface area contributed by atoms with Crippen molar-refractivity contribution in [1.82, 2.24) is 5.32 Å². The van der Waals surface area contributed by atoms with Crippen molar-refractivity contribution in [2.75, 3.05) is 12.8 Å². The van der Waals surface area contributed by atoms with E-state index in [4.69, 9.17) is 11.6 Å². The van der Waals surface area contributed by atoms with Gasteiger partial charge in [-0.3, -0.25) is 14.9 Å². The van der Waals surface area contributed by atoms with Crippen molar-refractivity contribution in [3.63, 3.8) is 0 Å². The molecule has 0 radical (unpaired) electrons. The fourth-order valence-electron chi connectivity index (χ4n) is 1.25. The maximum atomic E-state index is 11.7. The Morgan fingerprint density at radius 2 is 2.28 bits per heavy atom. The molecular weight excluding hydrogens is 276 g/mol. The van der Waals surface area contributed by atoms with Gasteiger partial charge in [0.2, 0.25) is 0 Å². The summed E-state index contributed by atoms with van der Waals surface area (Å²) in [7, 11) is 0. The van der Waals surface area contributed by atoms with Crippen LogP contribution in [-0.4, -0.2) is 23.6 Å². The fraction of sp³-hybridized carbons (Fsp3) is 0.182. The first-order valence-electron chi connectivity index (χ1n) is 4.89. The molecule has 1 amide bonds. The first-order chi connectivity index (χ1) is 8.45. The Balaban J connectivity index is 2.97. The third kappa shape index (κ3) is 3.75. The minimum atomic E-state index is -0.511. The zero-order chi connectivity index (χ0) is 13.7. The lowest BCUT2D eigenvalue weighted by Crippen LogP contribution is -2.24. The maximum Gasteiger partial charge on any atom is 0.283 e. The van der Waals surface area contributed by atoms with Gasteiger partial charge in [-0.2, -0.15) is 0 Å². The van der Waals surface area contributed by atoms with Gasteiger partial charge in [-0.25, -0.2) is 0 Å². The number of carbonyl (C=O) groups excluding carboxylic acids is 1. The van der Waals surface area contributed by atoms with E-state index in [0.717, 1.165) is 0 Å². The van der Waals surface area contributed by atoms with Gasteiger partial charge in [-0.1, -0.05) is 18.2 Å². The van der Waals surface area contributed by atoms with Crippen molar-refractivity contribution in [3.8, 4) is 0 Å². The van der Waals surface area contributed by atoms with Crippen molar-refractivity contribution in [3.05, 3.63) is 45.5 Å². The van der Waals surface area contributed by atoms with Gasteiger partial charge in [0.1, 0.15) is 0 Å². The van der Waals surface area contributed by atoms with Crippen molar-refractivity contribution in [2.24, 2.45) is 0 Å². The van der Waals surface area contributed by atoms with Crippen LogP contribution in [0.5, 0.6) is 0 Å². The van der Waals surface area contributed by atoms with E-state index in [1.54, 1.807) is 12.3 Å². The first kappa shape index (κ1) is 14.5. The molecule has 0 saturated carbocycles. The molecule has 0 spiro atoms. The number of amides is 1. The Bertz CT molecular complexity index is 505. The predicted molar refractivity (Wildman–Crippen MR) is 72.2 cm³/mol. The number of nitrogens with zero attached hydrogens (tertiary/aromatic N) is 1. The van der Waals surface area contributed by atoms with Gasteiger partial charge in [0.15, 0.2) is 0 Å². The molecule has 0 bridgehead atoms. The zero-order valence-electron chi connectivity index (χ0n) is 9.60. The van der Waals surface area contributed by atoms with E-state index in [1.807, 2.05) is 0 Å². The molecular formula is C11H11ClN2O3S. The molecule has 1 aromatic carbocycles. The molecule has 0 saturated heterocycles. The molecule has 0 aromatic heterocycles. The lowest BCUT2D eigenvalue weighted by atomic mass is 10.2. The van der Waals surface area contributed by atoms with Crippen molar-refractivity contribution in [1.29, 1.82) is 0 Å². The van der Waals surface area contributed by atoms with Crippen LogP contribution in [-0.2, 0) is 0 Å². The molecule has 1 N–H and O–H groups in total. The van der Waals surface area contributed by atoms with Gasteiger partial charge in [-0.05, 0) is 18.4 Å². The number of hydrogen-bond acceptors (Lipinski definition) is 4. The van der Waals surface area contributed by atoms with Gasteiger partial charge < -0.3 is 5.32 Å². The average molecular weight is 287 g/mol. The molecule has 0 aliphatic carbocycles. The number of nitro benzene ring substituents is 1. The molecule has 1 aromatic rings. The summed E-state index contributed by atoms with van der Waals surface area (Å²) < 4.78 is 0. The van der Waals surface area contributed by atoms with Gasteiger partial charge >= 0.3 is 0 Å². The minimum Gasteiger partial charge on any atom is -0.347 e. The van der Waals surface area contributed by atoms with Crippen LogP contribution in [0.2, 0.25) is 0 Å². The normalized spacial score (nSPS) is 9.89. The Morgan fingerprint density at radius 3 is 2.78 bits per heavy atom. The highest BCUT2D eigenvalue weighted by molar-refractivity contribution is 7.98. The van der Waals surface area contributed by atoms with Gasteiger partial charge in [0.05, 0.1) is 16.4 Å². The Hall–Kier alpha value is -1.53. The summed E-state index contributed by atoms with van der Waals surface area (Å²) in [4.78, 5) is 22.5. The third-order valence-corrected chi connectivity index (χ3v) is 3.00. The summed E-state index contributed by atoms with van der Waals surface area (Å²) in [6.45, 7) is 3.56. The van der Waals surface area contributed by atoms with E-state index in [-0.39, 0.29) is 17.8 Å². The number of nitrogens with one attached hydrogen (secondary N) is 1. The summed E-state index contributed by atoms with van der Waals surface area (Å²) in [5.41, 5.74) is 0.136. The lowest BCUT2D eigenvalue weighted by molar-refractivity contribution is -0.387. The highest BCUT2D eigenvalue weighted by Crippen LogP contribution is 2.28. The van der Waals surface area contributed by atoms with Gasteiger partial charge in [0, 0.05) is 16.7 Å². The minimum absolute atomic E-state index is 0.0835. The summed E-state index contributed by atoms with van der Waals surface area (Å²) in [5.74, 6) is -0.424. The molecule has 7 heteroatoms. The second-order valence-corrected chi connectivity index (χ2v) is 4.73. The van der Waals surface area contributed by atoms with Crippen molar-refractivity contribution < 1.29 is 9.72 Å². The van der Waals surface area contributed by atoms with Gasteiger partial charge in [-0.15, -0.1) is 11.8 Å². The Kier molecular flexibility index (Phi) is 5.18. The predicted octanol–water partition coefficient (Wildman–Crippen LogP) is 2.80. The summed E-state index contributed by atoms with van der Waals surface area (Å²) >= 11 is 6.77. The summed E-state index contributed by atoms with van der Waals surface area (Å²) in [5, 5.41) is 13.6. The number of hydrogen-bond donors (Lipinski definition) is 1. The number of nitro groups is 1. The average Bonchev–Trinajstić information content (AvgIpc) is 2.34. The monoisotopic (exact) mass is 286 g/mol. The molecule has 0 aliphatic rings. The highest BCUT2D eigenvalue weighted by Gasteiger charge is 2.16. The number of carbonyl (C=O) groups is 1. The zero-order valence-corrected chi connectivity index (χ0v) is 11.2. The van der Waals surface area contributed by atoms with Crippen molar-refractivity contribution >= 4 is 35.0 Å². The SMILES string of the molecule is C=C(Cl)CNC(=O)c1ccc(SC)c([N+](=O)[O-])c1. The fourth-order valence-corrected chi connectivity index (χ4v) is 1.87. The van der Waals surface area contributed by atoms with Gasteiger partial charge in [0.25, 0.3) is 11.6 Å². The second kappa shape index (κ2) is 6.42. The van der Waals surface area contributed by atoms with E-state index in [1.165, 1.54) is 23.9 Å². The van der Waals surface area contributed by atoms with Crippen LogP contribution in [0.25, 0.3) is 0 Å². The second-order valence-electron chi connectivity index (χ2n) is 3.34. The molecule has 5 nitrogen and oxygen atoms in total. The van der Waals surface area contributed by atoms with Crippen LogP contribution >= 0.6 is 23.4 Å². The third-order valence-electron chi connectivity index (χ3n) is 2.08. The summed E-state index contributed by atoms with van der Waals surface area (Å²) in [6, 6.07) is 4.33.